The van der Waals surface area contributed by atoms with Crippen LogP contribution < -0.4 is 10.6 Å². The Labute approximate surface area is 173 Å². The molecule has 1 aliphatic rings. The molecule has 0 aliphatic carbocycles. The molecule has 150 valence electrons. The molecule has 1 saturated heterocycles. The minimum absolute atomic E-state index is 0. The predicted octanol–water partition coefficient (Wildman–Crippen LogP) is 3.15. The van der Waals surface area contributed by atoms with Gasteiger partial charge in [-0.1, -0.05) is 32.6 Å². The zero-order valence-electron chi connectivity index (χ0n) is 17.2. The lowest BCUT2D eigenvalue weighted by Crippen LogP contribution is -2.49. The standard InChI is InChI=1S/C19H41N5.HI/c1-6-8-9-10-11-17(3)22-19(20-7-2)21-16-18(4)24-14-12-23(5)13-15-24;/h17-18H,6-16H2,1-5H3,(H2,20,21,22);1H. The first-order valence-corrected chi connectivity index (χ1v) is 10.0. The van der Waals surface area contributed by atoms with E-state index in [0.29, 0.717) is 12.1 Å². The average Bonchev–Trinajstić information content (AvgIpc) is 2.57. The normalized spacial score (nSPS) is 19.2. The number of hydrogen-bond donors (Lipinski definition) is 2. The van der Waals surface area contributed by atoms with Gasteiger partial charge in [-0.15, -0.1) is 24.0 Å². The van der Waals surface area contributed by atoms with Crippen molar-refractivity contribution in [1.82, 2.24) is 20.4 Å². The van der Waals surface area contributed by atoms with Gasteiger partial charge in [0.05, 0.1) is 6.54 Å². The van der Waals surface area contributed by atoms with Crippen LogP contribution in [0, 0.1) is 0 Å². The molecule has 1 heterocycles. The van der Waals surface area contributed by atoms with Crippen molar-refractivity contribution in [3.63, 3.8) is 0 Å². The van der Waals surface area contributed by atoms with Crippen molar-refractivity contribution < 1.29 is 0 Å². The molecule has 1 rings (SSSR count). The van der Waals surface area contributed by atoms with Gasteiger partial charge >= 0.3 is 0 Å². The van der Waals surface area contributed by atoms with Gasteiger partial charge in [0.15, 0.2) is 5.96 Å². The second-order valence-electron chi connectivity index (χ2n) is 7.30. The number of unbranched alkanes of at least 4 members (excludes halogenated alkanes) is 3. The van der Waals surface area contributed by atoms with E-state index in [1.165, 1.54) is 45.2 Å². The van der Waals surface area contributed by atoms with Gasteiger partial charge in [-0.2, -0.15) is 0 Å². The number of guanidine groups is 1. The number of likely N-dealkylation sites (N-methyl/N-ethyl adjacent to an activating group) is 1. The van der Waals surface area contributed by atoms with Crippen LogP contribution >= 0.6 is 24.0 Å². The molecule has 0 amide bonds. The molecule has 0 aromatic rings. The number of halogens is 1. The molecule has 0 aromatic carbocycles. The van der Waals surface area contributed by atoms with Gasteiger partial charge in [0.1, 0.15) is 0 Å². The summed E-state index contributed by atoms with van der Waals surface area (Å²) in [5.74, 6) is 0.974. The van der Waals surface area contributed by atoms with Crippen molar-refractivity contribution in [3.05, 3.63) is 0 Å². The highest BCUT2D eigenvalue weighted by atomic mass is 127. The third-order valence-electron chi connectivity index (χ3n) is 4.89. The van der Waals surface area contributed by atoms with E-state index < -0.39 is 0 Å². The van der Waals surface area contributed by atoms with E-state index in [4.69, 9.17) is 4.99 Å². The molecule has 0 radical (unpaired) electrons. The van der Waals surface area contributed by atoms with E-state index in [2.05, 4.69) is 55.2 Å². The maximum absolute atomic E-state index is 4.83. The topological polar surface area (TPSA) is 42.9 Å². The Morgan fingerprint density at radius 3 is 2.32 bits per heavy atom. The second kappa shape index (κ2) is 15.0. The van der Waals surface area contributed by atoms with Crippen LogP contribution in [-0.2, 0) is 0 Å². The monoisotopic (exact) mass is 467 g/mol. The summed E-state index contributed by atoms with van der Waals surface area (Å²) in [6.45, 7) is 15.4. The first-order chi connectivity index (χ1) is 11.6. The number of hydrogen-bond acceptors (Lipinski definition) is 3. The highest BCUT2D eigenvalue weighted by Gasteiger charge is 2.18. The van der Waals surface area contributed by atoms with Crippen molar-refractivity contribution in [2.45, 2.75) is 71.9 Å². The number of aliphatic imine (C=N–C) groups is 1. The molecule has 1 fully saturated rings. The van der Waals surface area contributed by atoms with E-state index in [1.807, 2.05) is 0 Å². The summed E-state index contributed by atoms with van der Waals surface area (Å²) in [6, 6.07) is 0.993. The summed E-state index contributed by atoms with van der Waals surface area (Å²) < 4.78 is 0. The van der Waals surface area contributed by atoms with Crippen LogP contribution in [0.3, 0.4) is 0 Å². The van der Waals surface area contributed by atoms with Gasteiger partial charge in [-0.25, -0.2) is 0 Å². The molecule has 0 spiro atoms. The summed E-state index contributed by atoms with van der Waals surface area (Å²) in [5.41, 5.74) is 0. The van der Waals surface area contributed by atoms with Crippen LogP contribution in [0.15, 0.2) is 4.99 Å². The molecular weight excluding hydrogens is 425 g/mol. The maximum Gasteiger partial charge on any atom is 0.191 e. The van der Waals surface area contributed by atoms with Crippen LogP contribution in [0.2, 0.25) is 0 Å². The number of rotatable bonds is 10. The summed E-state index contributed by atoms with van der Waals surface area (Å²) >= 11 is 0. The molecular formula is C19H42IN5. The number of nitrogens with one attached hydrogen (secondary N) is 2. The third-order valence-corrected chi connectivity index (χ3v) is 4.89. The lowest BCUT2D eigenvalue weighted by Gasteiger charge is -2.36. The van der Waals surface area contributed by atoms with E-state index in [0.717, 1.165) is 32.1 Å². The smallest absolute Gasteiger partial charge is 0.191 e. The van der Waals surface area contributed by atoms with Crippen LogP contribution in [0.25, 0.3) is 0 Å². The van der Waals surface area contributed by atoms with E-state index in [1.54, 1.807) is 0 Å². The molecule has 0 bridgehead atoms. The summed E-state index contributed by atoms with van der Waals surface area (Å²) in [4.78, 5) is 9.79. The molecule has 0 aromatic heterocycles. The Bertz CT molecular complexity index is 343. The highest BCUT2D eigenvalue weighted by Crippen LogP contribution is 2.06. The maximum atomic E-state index is 4.83. The Kier molecular flexibility index (Phi) is 15.0. The van der Waals surface area contributed by atoms with Crippen LogP contribution in [0.5, 0.6) is 0 Å². The fourth-order valence-corrected chi connectivity index (χ4v) is 3.10. The van der Waals surface area contributed by atoms with Gasteiger partial charge in [-0.3, -0.25) is 9.89 Å². The Morgan fingerprint density at radius 2 is 1.72 bits per heavy atom. The van der Waals surface area contributed by atoms with Crippen LogP contribution in [0.1, 0.15) is 59.8 Å². The first kappa shape index (κ1) is 24.9. The van der Waals surface area contributed by atoms with Gasteiger partial charge in [0.25, 0.3) is 0 Å². The SMILES string of the molecule is CCCCCCC(C)NC(=NCC(C)N1CCN(C)CC1)NCC.I. The number of piperazine rings is 1. The van der Waals surface area contributed by atoms with Gasteiger partial charge in [-0.05, 0) is 34.2 Å². The van der Waals surface area contributed by atoms with Crippen molar-refractivity contribution in [2.75, 3.05) is 46.3 Å². The van der Waals surface area contributed by atoms with Crippen molar-refractivity contribution in [2.24, 2.45) is 4.99 Å². The average molecular weight is 467 g/mol. The molecule has 25 heavy (non-hydrogen) atoms. The molecule has 0 saturated carbocycles. The highest BCUT2D eigenvalue weighted by molar-refractivity contribution is 14.0. The summed E-state index contributed by atoms with van der Waals surface area (Å²) in [7, 11) is 2.20. The first-order valence-electron chi connectivity index (χ1n) is 10.0. The predicted molar refractivity (Wildman–Crippen MR) is 121 cm³/mol. The Morgan fingerprint density at radius 1 is 1.04 bits per heavy atom. The Balaban J connectivity index is 0.00000576. The van der Waals surface area contributed by atoms with Crippen LogP contribution in [-0.4, -0.2) is 74.2 Å². The molecule has 6 heteroatoms. The van der Waals surface area contributed by atoms with E-state index >= 15 is 0 Å². The minimum Gasteiger partial charge on any atom is -0.357 e. The number of nitrogens with zero attached hydrogens (tertiary/aromatic N) is 3. The van der Waals surface area contributed by atoms with Crippen molar-refractivity contribution in [1.29, 1.82) is 0 Å². The van der Waals surface area contributed by atoms with Gasteiger partial charge in [0.2, 0.25) is 0 Å². The fourth-order valence-electron chi connectivity index (χ4n) is 3.10. The van der Waals surface area contributed by atoms with E-state index in [-0.39, 0.29) is 24.0 Å². The molecule has 2 atom stereocenters. The molecule has 1 aliphatic heterocycles. The zero-order chi connectivity index (χ0) is 17.8. The van der Waals surface area contributed by atoms with Crippen molar-refractivity contribution >= 4 is 29.9 Å². The molecule has 2 unspecified atom stereocenters. The third kappa shape index (κ3) is 11.3. The zero-order valence-corrected chi connectivity index (χ0v) is 19.5. The minimum atomic E-state index is 0. The fraction of sp³-hybridized carbons (Fsp3) is 0.947. The van der Waals surface area contributed by atoms with E-state index in [9.17, 15) is 0 Å². The van der Waals surface area contributed by atoms with Crippen molar-refractivity contribution in [3.8, 4) is 0 Å². The van der Waals surface area contributed by atoms with Gasteiger partial charge < -0.3 is 15.5 Å². The summed E-state index contributed by atoms with van der Waals surface area (Å²) in [5, 5.41) is 6.96. The quantitative estimate of drug-likeness (QED) is 0.224. The van der Waals surface area contributed by atoms with Gasteiger partial charge in [0, 0.05) is 44.8 Å². The summed E-state index contributed by atoms with van der Waals surface area (Å²) in [6.07, 6.45) is 6.52. The molecule has 2 N–H and O–H groups in total. The molecule has 5 nitrogen and oxygen atoms in total. The lowest BCUT2D eigenvalue weighted by atomic mass is 10.1. The van der Waals surface area contributed by atoms with Crippen LogP contribution in [0.4, 0.5) is 0 Å². The Hall–Kier alpha value is -0.0800. The largest absolute Gasteiger partial charge is 0.357 e. The second-order valence-corrected chi connectivity index (χ2v) is 7.30. The lowest BCUT2D eigenvalue weighted by molar-refractivity contribution is 0.122.